The third-order valence-electron chi connectivity index (χ3n) is 15.6. The zero-order valence-corrected chi connectivity index (χ0v) is 50.5. The first-order valence-electron chi connectivity index (χ1n) is 33.8. The van der Waals surface area contributed by atoms with E-state index in [1.54, 1.807) is 6.08 Å². The van der Waals surface area contributed by atoms with Crippen molar-refractivity contribution in [3.8, 4) is 0 Å². The SMILES string of the molecule is CCCCCCCCC/C=C\CCCCCCCCCC(=O)OCCCCCCCCCCCC/C=C\CCCCCCCCCC(=O)NC(CO)C(O)/C=C/CCCCCCCCCCCCCCCCCCC. The van der Waals surface area contributed by atoms with E-state index in [4.69, 9.17) is 4.74 Å². The first-order chi connectivity index (χ1) is 37.0. The molecule has 0 bridgehead atoms. The predicted octanol–water partition coefficient (Wildman–Crippen LogP) is 21.5. The number of amides is 1. The zero-order chi connectivity index (χ0) is 54.3. The predicted molar refractivity (Wildman–Crippen MR) is 329 cm³/mol. The molecular formula is C69H131NO5. The Morgan fingerprint density at radius 1 is 0.360 bits per heavy atom. The number of unbranched alkanes of at least 4 members (excludes halogenated alkanes) is 48. The second kappa shape index (κ2) is 64.6. The molecule has 0 rings (SSSR count). The van der Waals surface area contributed by atoms with Gasteiger partial charge in [0.05, 0.1) is 25.4 Å². The van der Waals surface area contributed by atoms with Crippen LogP contribution < -0.4 is 5.32 Å². The molecule has 0 aromatic rings. The Kier molecular flexibility index (Phi) is 63.0. The molecule has 2 atom stereocenters. The molecule has 442 valence electrons. The minimum Gasteiger partial charge on any atom is -0.466 e. The van der Waals surface area contributed by atoms with Gasteiger partial charge < -0.3 is 20.3 Å². The summed E-state index contributed by atoms with van der Waals surface area (Å²) in [7, 11) is 0. The van der Waals surface area contributed by atoms with Crippen LogP contribution in [0.4, 0.5) is 0 Å². The van der Waals surface area contributed by atoms with Gasteiger partial charge in [-0.1, -0.05) is 307 Å². The van der Waals surface area contributed by atoms with Crippen LogP contribution >= 0.6 is 0 Å². The van der Waals surface area contributed by atoms with Gasteiger partial charge in [-0.15, -0.1) is 0 Å². The van der Waals surface area contributed by atoms with Gasteiger partial charge in [-0.05, 0) is 83.5 Å². The highest BCUT2D eigenvalue weighted by Crippen LogP contribution is 2.18. The summed E-state index contributed by atoms with van der Waals surface area (Å²) < 4.78 is 5.50. The van der Waals surface area contributed by atoms with E-state index in [2.05, 4.69) is 43.5 Å². The van der Waals surface area contributed by atoms with Crippen molar-refractivity contribution in [3.63, 3.8) is 0 Å². The minimum absolute atomic E-state index is 0.00512. The van der Waals surface area contributed by atoms with Gasteiger partial charge in [0.25, 0.3) is 0 Å². The van der Waals surface area contributed by atoms with Gasteiger partial charge in [0.1, 0.15) is 0 Å². The summed E-state index contributed by atoms with van der Waals surface area (Å²) in [5.74, 6) is -0.0680. The van der Waals surface area contributed by atoms with Crippen molar-refractivity contribution in [1.82, 2.24) is 5.32 Å². The molecule has 0 saturated carbocycles. The van der Waals surface area contributed by atoms with Crippen molar-refractivity contribution in [2.24, 2.45) is 0 Å². The normalized spacial score (nSPS) is 12.7. The molecule has 3 N–H and O–H groups in total. The van der Waals surface area contributed by atoms with Crippen molar-refractivity contribution < 1.29 is 24.5 Å². The maximum Gasteiger partial charge on any atom is 0.305 e. The number of aliphatic hydroxyl groups is 2. The van der Waals surface area contributed by atoms with Gasteiger partial charge in [-0.25, -0.2) is 0 Å². The molecule has 0 radical (unpaired) electrons. The largest absolute Gasteiger partial charge is 0.466 e. The Balaban J connectivity index is 3.44. The van der Waals surface area contributed by atoms with E-state index in [1.807, 2.05) is 6.08 Å². The van der Waals surface area contributed by atoms with Crippen LogP contribution in [0.25, 0.3) is 0 Å². The molecule has 0 fully saturated rings. The second-order valence-corrected chi connectivity index (χ2v) is 23.1. The van der Waals surface area contributed by atoms with E-state index in [0.29, 0.717) is 19.4 Å². The molecule has 6 heteroatoms. The van der Waals surface area contributed by atoms with Gasteiger partial charge in [-0.3, -0.25) is 9.59 Å². The van der Waals surface area contributed by atoms with Crippen molar-refractivity contribution in [2.45, 2.75) is 379 Å². The van der Waals surface area contributed by atoms with E-state index in [-0.39, 0.29) is 18.5 Å². The number of hydrogen-bond acceptors (Lipinski definition) is 5. The lowest BCUT2D eigenvalue weighted by Gasteiger charge is -2.20. The number of nitrogens with one attached hydrogen (secondary N) is 1. The number of ether oxygens (including phenoxy) is 1. The monoisotopic (exact) mass is 1050 g/mol. The lowest BCUT2D eigenvalue weighted by atomic mass is 10.0. The van der Waals surface area contributed by atoms with Crippen molar-refractivity contribution >= 4 is 11.9 Å². The molecule has 0 aromatic carbocycles. The molecule has 0 aliphatic rings. The Morgan fingerprint density at radius 3 is 0.947 bits per heavy atom. The molecule has 75 heavy (non-hydrogen) atoms. The number of aliphatic hydroxyl groups excluding tert-OH is 2. The summed E-state index contributed by atoms with van der Waals surface area (Å²) in [5.41, 5.74) is 0. The van der Waals surface area contributed by atoms with Crippen LogP contribution in [0, 0.1) is 0 Å². The number of rotatable bonds is 63. The number of esters is 1. The highest BCUT2D eigenvalue weighted by Gasteiger charge is 2.18. The number of carbonyl (C=O) groups excluding carboxylic acids is 2. The van der Waals surface area contributed by atoms with Crippen molar-refractivity contribution in [2.75, 3.05) is 13.2 Å². The maximum absolute atomic E-state index is 12.5. The molecule has 0 aliphatic heterocycles. The van der Waals surface area contributed by atoms with Gasteiger partial charge in [-0.2, -0.15) is 0 Å². The Hall–Kier alpha value is -1.92. The maximum atomic E-state index is 12.5. The summed E-state index contributed by atoms with van der Waals surface area (Å²) >= 11 is 0. The number of carbonyl (C=O) groups is 2. The smallest absolute Gasteiger partial charge is 0.305 e. The van der Waals surface area contributed by atoms with E-state index >= 15 is 0 Å². The second-order valence-electron chi connectivity index (χ2n) is 23.1. The first-order valence-corrected chi connectivity index (χ1v) is 33.8. The van der Waals surface area contributed by atoms with E-state index in [1.165, 1.54) is 289 Å². The third kappa shape index (κ3) is 61.2. The van der Waals surface area contributed by atoms with Gasteiger partial charge in [0.2, 0.25) is 5.91 Å². The highest BCUT2D eigenvalue weighted by molar-refractivity contribution is 5.76. The van der Waals surface area contributed by atoms with Crippen LogP contribution in [0.3, 0.4) is 0 Å². The summed E-state index contributed by atoms with van der Waals surface area (Å²) in [6, 6.07) is -0.635. The lowest BCUT2D eigenvalue weighted by molar-refractivity contribution is -0.143. The quantitative estimate of drug-likeness (QED) is 0.0320. The van der Waals surface area contributed by atoms with Crippen LogP contribution in [0.2, 0.25) is 0 Å². The molecule has 0 saturated heterocycles. The van der Waals surface area contributed by atoms with Crippen LogP contribution in [0.1, 0.15) is 367 Å². The molecular weight excluding hydrogens is 923 g/mol. The molecule has 6 nitrogen and oxygen atoms in total. The van der Waals surface area contributed by atoms with E-state index in [0.717, 1.165) is 51.4 Å². The van der Waals surface area contributed by atoms with Crippen LogP contribution in [-0.4, -0.2) is 47.4 Å². The van der Waals surface area contributed by atoms with Gasteiger partial charge in [0, 0.05) is 12.8 Å². The summed E-state index contributed by atoms with van der Waals surface area (Å²) in [5, 5.41) is 23.2. The zero-order valence-electron chi connectivity index (χ0n) is 50.5. The van der Waals surface area contributed by atoms with E-state index < -0.39 is 12.1 Å². The Morgan fingerprint density at radius 2 is 0.627 bits per heavy atom. The standard InChI is InChI=1S/C69H131NO5/c1-3-5-7-9-11-13-15-17-19-21-26-29-33-37-41-45-49-53-57-61-67(72)66(65-71)70-68(73)62-58-54-50-46-42-38-34-30-27-24-23-25-28-32-36-40-44-48-52-56-60-64-75-69(74)63-59-55-51-47-43-39-35-31-22-20-18-16-14-12-10-8-6-4-2/h20,22,24,27,57,61,66-67,71-72H,3-19,21,23,25-26,28-56,58-60,62-65H2,1-2H3,(H,70,73)/b22-20-,27-24-,61-57+. The average Bonchev–Trinajstić information content (AvgIpc) is 3.41. The van der Waals surface area contributed by atoms with Gasteiger partial charge >= 0.3 is 5.97 Å². The van der Waals surface area contributed by atoms with Crippen LogP contribution in [0.15, 0.2) is 36.5 Å². The highest BCUT2D eigenvalue weighted by atomic mass is 16.5. The molecule has 2 unspecified atom stereocenters. The Bertz CT molecular complexity index is 1210. The topological polar surface area (TPSA) is 95.9 Å². The van der Waals surface area contributed by atoms with Crippen molar-refractivity contribution in [3.05, 3.63) is 36.5 Å². The first kappa shape index (κ1) is 73.1. The fourth-order valence-corrected chi connectivity index (χ4v) is 10.4. The molecule has 0 spiro atoms. The molecule has 1 amide bonds. The van der Waals surface area contributed by atoms with Gasteiger partial charge in [0.15, 0.2) is 0 Å². The minimum atomic E-state index is -0.851. The fourth-order valence-electron chi connectivity index (χ4n) is 10.4. The van der Waals surface area contributed by atoms with Crippen molar-refractivity contribution in [1.29, 1.82) is 0 Å². The lowest BCUT2D eigenvalue weighted by Crippen LogP contribution is -2.45. The van der Waals surface area contributed by atoms with E-state index in [9.17, 15) is 19.8 Å². The number of hydrogen-bond donors (Lipinski definition) is 3. The number of allylic oxidation sites excluding steroid dienone is 5. The summed E-state index contributed by atoms with van der Waals surface area (Å²) in [6.45, 7) is 4.92. The Labute approximate surface area is 468 Å². The van der Waals surface area contributed by atoms with Crippen LogP contribution in [-0.2, 0) is 14.3 Å². The summed E-state index contributed by atoms with van der Waals surface area (Å²) in [4.78, 5) is 24.6. The summed E-state index contributed by atoms with van der Waals surface area (Å²) in [6.07, 6.45) is 82.0. The molecule has 0 heterocycles. The van der Waals surface area contributed by atoms with Crippen LogP contribution in [0.5, 0.6) is 0 Å². The fraction of sp³-hybridized carbons (Fsp3) is 0.884. The third-order valence-corrected chi connectivity index (χ3v) is 15.6. The molecule has 0 aliphatic carbocycles. The molecule has 0 aromatic heterocycles. The average molecular weight is 1050 g/mol.